The van der Waals surface area contributed by atoms with Gasteiger partial charge < -0.3 is 15.0 Å². The van der Waals surface area contributed by atoms with Crippen LogP contribution in [-0.4, -0.2) is 17.3 Å². The van der Waals surface area contributed by atoms with Crippen molar-refractivity contribution in [3.05, 3.63) is 59.3 Å². The molecule has 2 aliphatic heterocycles. The average molecular weight is 340 g/mol. The zero-order chi connectivity index (χ0) is 16.0. The highest BCUT2D eigenvalue weighted by Gasteiger charge is 2.26. The average Bonchev–Trinajstić information content (AvgIpc) is 3.04. The summed E-state index contributed by atoms with van der Waals surface area (Å²) in [5.41, 5.74) is 1.03. The number of nitrogens with zero attached hydrogens (tertiary/aromatic N) is 1. The number of nitrogens with one attached hydrogen (secondary N) is 1. The molecule has 0 atom stereocenters. The fourth-order valence-electron chi connectivity index (χ4n) is 2.68. The van der Waals surface area contributed by atoms with Crippen molar-refractivity contribution in [2.75, 3.05) is 11.9 Å². The first kappa shape index (κ1) is 14.3. The molecule has 0 spiro atoms. The highest BCUT2D eigenvalue weighted by molar-refractivity contribution is 8.26. The third-order valence-corrected chi connectivity index (χ3v) is 4.94. The Morgan fingerprint density at radius 3 is 2.83 bits per heavy atom. The highest BCUT2D eigenvalue weighted by atomic mass is 32.2. The third kappa shape index (κ3) is 2.40. The quantitative estimate of drug-likeness (QED) is 0.635. The van der Waals surface area contributed by atoms with Gasteiger partial charge in [0.05, 0.1) is 10.6 Å². The zero-order valence-corrected chi connectivity index (χ0v) is 13.8. The first-order valence-electron chi connectivity index (χ1n) is 7.02. The summed E-state index contributed by atoms with van der Waals surface area (Å²) in [5.74, 6) is 1.32. The molecule has 23 heavy (non-hydrogen) atoms. The van der Waals surface area contributed by atoms with E-state index in [1.807, 2.05) is 36.2 Å². The summed E-state index contributed by atoms with van der Waals surface area (Å²) in [6.45, 7) is 0. The van der Waals surface area contributed by atoms with Gasteiger partial charge in [0.2, 0.25) is 0 Å². The number of carbonyl (C=O) groups is 1. The van der Waals surface area contributed by atoms with Crippen LogP contribution in [0.2, 0.25) is 0 Å². The van der Waals surface area contributed by atoms with Gasteiger partial charge in [-0.05, 0) is 17.5 Å². The molecule has 2 aromatic carbocycles. The van der Waals surface area contributed by atoms with E-state index in [1.165, 1.54) is 11.8 Å². The van der Waals surface area contributed by atoms with Crippen molar-refractivity contribution in [3.63, 3.8) is 0 Å². The van der Waals surface area contributed by atoms with E-state index in [0.29, 0.717) is 15.1 Å². The second kappa shape index (κ2) is 5.40. The SMILES string of the molecule is CN1/C(=C/C=C2\SC(=S)NC2=O)Oc2ccc3ccccc3c21. The lowest BCUT2D eigenvalue weighted by Gasteiger charge is -2.12. The molecule has 1 fully saturated rings. The monoisotopic (exact) mass is 340 g/mol. The Balaban J connectivity index is 1.72. The summed E-state index contributed by atoms with van der Waals surface area (Å²) in [6.07, 6.45) is 3.53. The highest BCUT2D eigenvalue weighted by Crippen LogP contribution is 2.43. The van der Waals surface area contributed by atoms with E-state index >= 15 is 0 Å². The molecule has 4 nitrogen and oxygen atoms in total. The number of allylic oxidation sites excluding steroid dienone is 2. The van der Waals surface area contributed by atoms with Gasteiger partial charge in [0.25, 0.3) is 5.91 Å². The number of fused-ring (bicyclic) bond motifs is 3. The Kier molecular flexibility index (Phi) is 3.36. The molecule has 2 heterocycles. The maximum atomic E-state index is 11.7. The second-order valence-corrected chi connectivity index (χ2v) is 6.89. The maximum absolute atomic E-state index is 11.7. The van der Waals surface area contributed by atoms with Crippen molar-refractivity contribution in [1.82, 2.24) is 5.32 Å². The molecule has 1 amide bonds. The molecule has 0 saturated carbocycles. The number of thiocarbonyl (C=S) groups is 1. The van der Waals surface area contributed by atoms with Crippen molar-refractivity contribution in [2.24, 2.45) is 0 Å². The van der Waals surface area contributed by atoms with Gasteiger partial charge in [-0.3, -0.25) is 4.79 Å². The summed E-state index contributed by atoms with van der Waals surface area (Å²) in [6, 6.07) is 12.2. The van der Waals surface area contributed by atoms with Crippen LogP contribution in [0.15, 0.2) is 59.3 Å². The van der Waals surface area contributed by atoms with E-state index in [4.69, 9.17) is 17.0 Å². The standard InChI is InChI=1S/C17H12N2O2S2/c1-19-14(9-8-13-16(20)18-17(22)23-13)21-12-7-6-10-4-2-3-5-11(10)15(12)19/h2-9H,1H3,(H,18,20,22)/b13-8-,14-9-. The number of hydrogen-bond donors (Lipinski definition) is 1. The van der Waals surface area contributed by atoms with Crippen LogP contribution in [0.4, 0.5) is 5.69 Å². The van der Waals surface area contributed by atoms with E-state index in [-0.39, 0.29) is 5.91 Å². The predicted octanol–water partition coefficient (Wildman–Crippen LogP) is 3.54. The molecule has 4 rings (SSSR count). The van der Waals surface area contributed by atoms with E-state index in [1.54, 1.807) is 12.2 Å². The van der Waals surface area contributed by atoms with Gasteiger partial charge in [-0.25, -0.2) is 0 Å². The molecule has 0 aliphatic carbocycles. The van der Waals surface area contributed by atoms with E-state index in [9.17, 15) is 4.79 Å². The molecule has 2 aliphatic rings. The number of thioether (sulfide) groups is 1. The third-order valence-electron chi connectivity index (χ3n) is 3.76. The lowest BCUT2D eigenvalue weighted by atomic mass is 10.1. The summed E-state index contributed by atoms with van der Waals surface area (Å²) in [5, 5.41) is 4.90. The van der Waals surface area contributed by atoms with Crippen molar-refractivity contribution >= 4 is 50.7 Å². The van der Waals surface area contributed by atoms with Crippen LogP contribution in [0, 0.1) is 0 Å². The van der Waals surface area contributed by atoms with E-state index < -0.39 is 0 Å². The Hall–Kier alpha value is -2.31. The van der Waals surface area contributed by atoms with Gasteiger partial charge in [-0.15, -0.1) is 0 Å². The molecule has 1 saturated heterocycles. The Labute approximate surface area is 142 Å². The number of rotatable bonds is 1. The zero-order valence-electron chi connectivity index (χ0n) is 12.2. The van der Waals surface area contributed by atoms with Crippen molar-refractivity contribution in [2.45, 2.75) is 0 Å². The minimum Gasteiger partial charge on any atom is -0.439 e. The molecule has 2 aromatic rings. The van der Waals surface area contributed by atoms with Gasteiger partial charge >= 0.3 is 0 Å². The first-order valence-corrected chi connectivity index (χ1v) is 8.24. The molecule has 0 radical (unpaired) electrons. The summed E-state index contributed by atoms with van der Waals surface area (Å²) in [7, 11) is 1.95. The molecule has 0 aromatic heterocycles. The molecule has 0 unspecified atom stereocenters. The Morgan fingerprint density at radius 1 is 1.22 bits per heavy atom. The molecule has 1 N–H and O–H groups in total. The van der Waals surface area contributed by atoms with Crippen LogP contribution in [0.5, 0.6) is 5.75 Å². The fourth-order valence-corrected chi connectivity index (χ4v) is 3.67. The Morgan fingerprint density at radius 2 is 2.04 bits per heavy atom. The first-order chi connectivity index (χ1) is 11.1. The number of ether oxygens (including phenoxy) is 1. The molecule has 0 bridgehead atoms. The number of amides is 1. The maximum Gasteiger partial charge on any atom is 0.263 e. The van der Waals surface area contributed by atoms with Gasteiger partial charge in [0, 0.05) is 18.5 Å². The van der Waals surface area contributed by atoms with E-state index in [2.05, 4.69) is 17.4 Å². The van der Waals surface area contributed by atoms with Crippen LogP contribution >= 0.6 is 24.0 Å². The van der Waals surface area contributed by atoms with Gasteiger partial charge in [0.15, 0.2) is 11.6 Å². The topological polar surface area (TPSA) is 41.6 Å². The van der Waals surface area contributed by atoms with Crippen molar-refractivity contribution in [3.8, 4) is 5.75 Å². The number of hydrogen-bond acceptors (Lipinski definition) is 5. The van der Waals surface area contributed by atoms with Gasteiger partial charge in [-0.1, -0.05) is 54.3 Å². The molecular formula is C17H12N2O2S2. The summed E-state index contributed by atoms with van der Waals surface area (Å²) >= 11 is 6.24. The minimum absolute atomic E-state index is 0.166. The van der Waals surface area contributed by atoms with Crippen LogP contribution in [0.1, 0.15) is 0 Å². The largest absolute Gasteiger partial charge is 0.439 e. The van der Waals surface area contributed by atoms with Crippen molar-refractivity contribution in [1.29, 1.82) is 0 Å². The van der Waals surface area contributed by atoms with Crippen LogP contribution in [0.3, 0.4) is 0 Å². The number of benzene rings is 2. The molecular weight excluding hydrogens is 328 g/mol. The predicted molar refractivity (Wildman–Crippen MR) is 97.5 cm³/mol. The smallest absolute Gasteiger partial charge is 0.263 e. The summed E-state index contributed by atoms with van der Waals surface area (Å²) in [4.78, 5) is 14.3. The second-order valence-electron chi connectivity index (χ2n) is 5.17. The Bertz CT molecular complexity index is 918. The summed E-state index contributed by atoms with van der Waals surface area (Å²) < 4.78 is 6.40. The number of carbonyl (C=O) groups excluding carboxylic acids is 1. The lowest BCUT2D eigenvalue weighted by molar-refractivity contribution is -0.115. The van der Waals surface area contributed by atoms with Crippen molar-refractivity contribution < 1.29 is 9.53 Å². The molecule has 6 heteroatoms. The van der Waals surface area contributed by atoms with Crippen LogP contribution in [0.25, 0.3) is 10.8 Å². The van der Waals surface area contributed by atoms with Crippen LogP contribution in [-0.2, 0) is 4.79 Å². The normalized spacial score (nSPS) is 20.3. The lowest BCUT2D eigenvalue weighted by Crippen LogP contribution is -2.17. The fraction of sp³-hybridized carbons (Fsp3) is 0.0588. The van der Waals surface area contributed by atoms with E-state index in [0.717, 1.165) is 22.2 Å². The van der Waals surface area contributed by atoms with Gasteiger partial charge in [-0.2, -0.15) is 0 Å². The minimum atomic E-state index is -0.166. The number of anilines is 1. The van der Waals surface area contributed by atoms with Crippen LogP contribution < -0.4 is 15.0 Å². The molecule has 114 valence electrons. The van der Waals surface area contributed by atoms with Gasteiger partial charge in [0.1, 0.15) is 4.32 Å².